The Hall–Kier alpha value is -2.66. The molecule has 158 valence electrons. The summed E-state index contributed by atoms with van der Waals surface area (Å²) in [7, 11) is 2.08. The molecule has 0 saturated heterocycles. The van der Waals surface area contributed by atoms with Crippen molar-refractivity contribution in [3.8, 4) is 0 Å². The van der Waals surface area contributed by atoms with E-state index in [0.717, 1.165) is 0 Å². The van der Waals surface area contributed by atoms with Crippen LogP contribution in [-0.2, 0) is 31.4 Å². The summed E-state index contributed by atoms with van der Waals surface area (Å²) >= 11 is 0. The number of anilines is 1. The zero-order chi connectivity index (χ0) is 20.9. The Bertz CT molecular complexity index is 938. The molecule has 1 aliphatic heterocycles. The number of hydrogen-bond donors (Lipinski definition) is 3. The van der Waals surface area contributed by atoms with Gasteiger partial charge in [-0.3, -0.25) is 10.2 Å². The van der Waals surface area contributed by atoms with Gasteiger partial charge in [0, 0.05) is 46.6 Å². The number of rotatable bonds is 4. The molecule has 0 bridgehead atoms. The number of ether oxygens (including phenoxy) is 1. The van der Waals surface area contributed by atoms with Crippen molar-refractivity contribution in [3.63, 3.8) is 0 Å². The average molecular weight is 440 g/mol. The van der Waals surface area contributed by atoms with Gasteiger partial charge < -0.3 is 20.2 Å². The van der Waals surface area contributed by atoms with E-state index in [-0.39, 0.29) is 34.9 Å². The minimum atomic E-state index is -0.659. The molecule has 0 atom stereocenters. The van der Waals surface area contributed by atoms with Crippen LogP contribution in [0.3, 0.4) is 0 Å². The maximum Gasteiger partial charge on any atom is 0.315 e. The summed E-state index contributed by atoms with van der Waals surface area (Å²) < 4.78 is 4.41. The first-order valence-corrected chi connectivity index (χ1v) is 9.13. The second-order valence-corrected chi connectivity index (χ2v) is 7.01. The van der Waals surface area contributed by atoms with Crippen molar-refractivity contribution < 1.29 is 31.1 Å². The fourth-order valence-electron chi connectivity index (χ4n) is 3.62. The number of fused-ring (bicyclic) bond motifs is 3. The molecule has 0 fully saturated rings. The predicted molar refractivity (Wildman–Crippen MR) is 114 cm³/mol. The third kappa shape index (κ3) is 5.24. The Morgan fingerprint density at radius 3 is 2.48 bits per heavy atom. The minimum absolute atomic E-state index is 0. The molecule has 0 amide bonds. The van der Waals surface area contributed by atoms with Gasteiger partial charge in [0.2, 0.25) is 0 Å². The second kappa shape index (κ2) is 10.2. The van der Waals surface area contributed by atoms with Crippen molar-refractivity contribution >= 4 is 34.5 Å². The molecule has 0 saturated carbocycles. The van der Waals surface area contributed by atoms with Crippen molar-refractivity contribution in [2.75, 3.05) is 18.6 Å². The number of nitrogens with zero attached hydrogens (tertiary/aromatic N) is 1. The predicted octanol–water partition coefficient (Wildman–Crippen LogP) is 4.57. The van der Waals surface area contributed by atoms with Crippen molar-refractivity contribution in [2.24, 2.45) is 0 Å². The number of esters is 1. The third-order valence-corrected chi connectivity index (χ3v) is 4.75. The van der Waals surface area contributed by atoms with Crippen molar-refractivity contribution in [1.29, 1.82) is 10.8 Å². The van der Waals surface area contributed by atoms with Gasteiger partial charge in [0.25, 0.3) is 0 Å². The molecule has 0 radical (unpaired) electrons. The van der Waals surface area contributed by atoms with Crippen LogP contribution in [0.25, 0.3) is 10.8 Å². The van der Waals surface area contributed by atoms with Gasteiger partial charge in [-0.2, -0.15) is 0 Å². The normalized spacial score (nSPS) is 15.0. The van der Waals surface area contributed by atoms with E-state index in [4.69, 9.17) is 15.9 Å². The second-order valence-electron chi connectivity index (χ2n) is 7.01. The molecule has 0 unspecified atom stereocenters. The van der Waals surface area contributed by atoms with E-state index in [9.17, 15) is 4.79 Å². The first kappa shape index (κ1) is 24.4. The molecule has 0 aromatic heterocycles. The van der Waals surface area contributed by atoms with Gasteiger partial charge in [-0.25, -0.2) is 0 Å². The fourth-order valence-corrected chi connectivity index (χ4v) is 3.62. The molecule has 0 spiro atoms. The van der Waals surface area contributed by atoms with Gasteiger partial charge in [-0.15, -0.1) is 0 Å². The topological polar surface area (TPSA) is 97.5 Å². The summed E-state index contributed by atoms with van der Waals surface area (Å²) in [4.78, 5) is 12.5. The van der Waals surface area contributed by atoms with Crippen LogP contribution >= 0.6 is 0 Å². The van der Waals surface area contributed by atoms with Crippen molar-refractivity contribution in [2.45, 2.75) is 32.6 Å². The van der Waals surface area contributed by atoms with Crippen LogP contribution in [0, 0.1) is 10.8 Å². The largest absolute Gasteiger partial charge is 0.496 e. The van der Waals surface area contributed by atoms with Gasteiger partial charge in [0.15, 0.2) is 5.90 Å². The maximum absolute atomic E-state index is 10.3. The molecule has 0 aliphatic carbocycles. The third-order valence-electron chi connectivity index (χ3n) is 4.75. The number of aliphatic hydroxyl groups excluding tert-OH is 1. The van der Waals surface area contributed by atoms with Crippen LogP contribution in [0.15, 0.2) is 48.2 Å². The maximum atomic E-state index is 10.3. The zero-order valence-corrected chi connectivity index (χ0v) is 18.0. The number of carbonyl (C=O) groups is 1. The van der Waals surface area contributed by atoms with E-state index in [2.05, 4.69) is 66.9 Å². The van der Waals surface area contributed by atoms with Crippen LogP contribution in [-0.4, -0.2) is 36.8 Å². The summed E-state index contributed by atoms with van der Waals surface area (Å²) in [6.07, 6.45) is 2.95. The Morgan fingerprint density at radius 1 is 1.24 bits per heavy atom. The van der Waals surface area contributed by atoms with Crippen LogP contribution < -0.4 is 4.90 Å². The molecule has 1 aliphatic rings. The van der Waals surface area contributed by atoms with Crippen LogP contribution in [0.4, 0.5) is 5.69 Å². The number of aliphatic hydroxyl groups is 1. The molecule has 3 rings (SSSR count). The molecular weight excluding hydrogens is 413 g/mol. The zero-order valence-electron chi connectivity index (χ0n) is 17.1. The van der Waals surface area contributed by atoms with Crippen LogP contribution in [0.1, 0.15) is 32.8 Å². The number of hydrogen-bond acceptors (Lipinski definition) is 5. The van der Waals surface area contributed by atoms with Crippen molar-refractivity contribution in [3.05, 3.63) is 53.7 Å². The van der Waals surface area contributed by atoms with E-state index < -0.39 is 11.9 Å². The summed E-state index contributed by atoms with van der Waals surface area (Å²) in [6, 6.07) is 12.9. The number of nitrogens with one attached hydrogen (secondary N) is 2. The monoisotopic (exact) mass is 439 g/mol. The quantitative estimate of drug-likeness (QED) is 0.281. The minimum Gasteiger partial charge on any atom is -0.496 e. The molecule has 6 nitrogen and oxygen atoms in total. The molecule has 7 heteroatoms. The summed E-state index contributed by atoms with van der Waals surface area (Å²) in [6.45, 7) is 6.42. The van der Waals surface area contributed by atoms with Gasteiger partial charge in [0.05, 0.1) is 6.61 Å². The fraction of sp³-hybridized carbons (Fsp3) is 0.318. The molecule has 29 heavy (non-hydrogen) atoms. The van der Waals surface area contributed by atoms with E-state index in [1.54, 1.807) is 6.92 Å². The molecular formula is C22H27N3NiO3. The van der Waals surface area contributed by atoms with E-state index in [0.29, 0.717) is 0 Å². The SMILES string of the molecule is CCOC(=O)CC(=N)O.CN1/C(=C\C=N)C(C)(C)c2c1ccc1ccccc21.[Ni]. The van der Waals surface area contributed by atoms with E-state index in [1.165, 1.54) is 33.9 Å². The number of carbonyl (C=O) groups excluding carboxylic acids is 1. The van der Waals surface area contributed by atoms with Gasteiger partial charge in [-0.05, 0) is 35.4 Å². The summed E-state index contributed by atoms with van der Waals surface area (Å²) in [5.74, 6) is -1.22. The molecule has 2 aromatic rings. The average Bonchev–Trinajstić information content (AvgIpc) is 2.83. The molecule has 3 N–H and O–H groups in total. The first-order valence-electron chi connectivity index (χ1n) is 9.13. The van der Waals surface area contributed by atoms with Gasteiger partial charge >= 0.3 is 5.97 Å². The van der Waals surface area contributed by atoms with Gasteiger partial charge in [0.1, 0.15) is 6.42 Å². The number of likely N-dealkylation sites (N-methyl/N-ethyl adjacent to an activating group) is 1. The number of benzene rings is 2. The van der Waals surface area contributed by atoms with Crippen molar-refractivity contribution in [1.82, 2.24) is 0 Å². The molecule has 2 aromatic carbocycles. The van der Waals surface area contributed by atoms with Crippen LogP contribution in [0.5, 0.6) is 0 Å². The van der Waals surface area contributed by atoms with Gasteiger partial charge in [-0.1, -0.05) is 44.2 Å². The molecule has 1 heterocycles. The Kier molecular flexibility index (Phi) is 8.59. The number of allylic oxidation sites excluding steroid dienone is 2. The summed E-state index contributed by atoms with van der Waals surface area (Å²) in [5, 5.41) is 24.7. The smallest absolute Gasteiger partial charge is 0.315 e. The van der Waals surface area contributed by atoms with Crippen LogP contribution in [0.2, 0.25) is 0 Å². The Balaban J connectivity index is 0.000000362. The standard InChI is InChI=1S/C17H18N2.C5H9NO3.Ni/c1-17(2)15(10-11-18)19(3)14-9-8-12-6-4-5-7-13(12)16(14)17;1-2-9-5(8)3-4(6)7;/h4-11,18H,1-3H3;2-3H2,1H3,(H2,6,7);/b15-10-,18-11?;;. The summed E-state index contributed by atoms with van der Waals surface area (Å²) in [5.41, 5.74) is 3.72. The Labute approximate surface area is 181 Å². The van der Waals surface area contributed by atoms with E-state index >= 15 is 0 Å². The Morgan fingerprint density at radius 2 is 1.90 bits per heavy atom. The first-order chi connectivity index (χ1) is 13.2. The van der Waals surface area contributed by atoms with E-state index in [1.807, 2.05) is 6.08 Å².